The van der Waals surface area contributed by atoms with Gasteiger partial charge in [-0.2, -0.15) is 5.10 Å². The Labute approximate surface area is 168 Å². The molecular weight excluding hydrogens is 372 g/mol. The minimum atomic E-state index is -0.831. The molecule has 0 amide bonds. The highest BCUT2D eigenvalue weighted by Crippen LogP contribution is 2.28. The van der Waals surface area contributed by atoms with Gasteiger partial charge in [-0.3, -0.25) is 0 Å². The Morgan fingerprint density at radius 1 is 1.21 bits per heavy atom. The molecule has 29 heavy (non-hydrogen) atoms. The molecule has 0 aliphatic rings. The number of anilines is 3. The summed E-state index contributed by atoms with van der Waals surface area (Å²) in [5.74, 6) is 0.500. The van der Waals surface area contributed by atoms with E-state index in [2.05, 4.69) is 10.4 Å². The van der Waals surface area contributed by atoms with E-state index in [1.54, 1.807) is 38.3 Å². The van der Waals surface area contributed by atoms with Crippen LogP contribution in [0, 0.1) is 0 Å². The van der Waals surface area contributed by atoms with Crippen LogP contribution in [0.2, 0.25) is 0 Å². The molecule has 4 N–H and O–H groups in total. The topological polar surface area (TPSA) is 112 Å². The first-order chi connectivity index (χ1) is 14.0. The van der Waals surface area contributed by atoms with Crippen molar-refractivity contribution in [2.45, 2.75) is 19.6 Å². The van der Waals surface area contributed by atoms with Crippen LogP contribution in [0.3, 0.4) is 0 Å². The number of aliphatic hydroxyl groups excluding tert-OH is 1. The number of ether oxygens (including phenoxy) is 2. The van der Waals surface area contributed by atoms with Crippen molar-refractivity contribution < 1.29 is 19.4 Å². The van der Waals surface area contributed by atoms with Crippen LogP contribution in [0.4, 0.5) is 17.3 Å². The minimum Gasteiger partial charge on any atom is -0.497 e. The van der Waals surface area contributed by atoms with Crippen LogP contribution in [0.25, 0.3) is 0 Å². The summed E-state index contributed by atoms with van der Waals surface area (Å²) in [7, 11) is 1.59. The highest BCUT2D eigenvalue weighted by Gasteiger charge is 2.25. The lowest BCUT2D eigenvalue weighted by molar-refractivity contribution is 0.0528. The van der Waals surface area contributed by atoms with Crippen molar-refractivity contribution in [2.24, 2.45) is 0 Å². The first kappa shape index (κ1) is 20.2. The van der Waals surface area contributed by atoms with E-state index in [0.29, 0.717) is 11.4 Å². The van der Waals surface area contributed by atoms with Gasteiger partial charge in [-0.1, -0.05) is 30.3 Å². The molecule has 1 heterocycles. The fourth-order valence-electron chi connectivity index (χ4n) is 2.86. The zero-order chi connectivity index (χ0) is 20.8. The Hall–Kier alpha value is -3.52. The van der Waals surface area contributed by atoms with Crippen molar-refractivity contribution in [1.82, 2.24) is 9.78 Å². The maximum atomic E-state index is 12.5. The second kappa shape index (κ2) is 9.11. The summed E-state index contributed by atoms with van der Waals surface area (Å²) < 4.78 is 11.7. The van der Waals surface area contributed by atoms with Gasteiger partial charge in [0.15, 0.2) is 5.82 Å². The van der Waals surface area contributed by atoms with E-state index >= 15 is 0 Å². The average molecular weight is 396 g/mol. The van der Waals surface area contributed by atoms with Gasteiger partial charge < -0.3 is 25.6 Å². The number of hydrogen-bond donors (Lipinski definition) is 3. The summed E-state index contributed by atoms with van der Waals surface area (Å²) in [6.07, 6.45) is -0.831. The lowest BCUT2D eigenvalue weighted by Crippen LogP contribution is -2.14. The first-order valence-electron chi connectivity index (χ1n) is 9.21. The summed E-state index contributed by atoms with van der Waals surface area (Å²) in [5.41, 5.74) is 7.74. The highest BCUT2D eigenvalue weighted by molar-refractivity contribution is 6.00. The number of rotatable bonds is 8. The standard InChI is InChI=1S/C21H24N4O4/c1-3-29-21(27)18-19(22)25(13-17(26)14-7-5-4-6-8-14)24-20(18)23-15-9-11-16(28-2)12-10-15/h4-12,17,26H,3,13,22H2,1-2H3,(H,23,24). The van der Waals surface area contributed by atoms with E-state index in [1.165, 1.54) is 4.68 Å². The molecule has 1 aromatic heterocycles. The van der Waals surface area contributed by atoms with Crippen LogP contribution in [-0.4, -0.2) is 34.6 Å². The Balaban J connectivity index is 1.91. The van der Waals surface area contributed by atoms with Crippen LogP contribution in [0.15, 0.2) is 54.6 Å². The number of esters is 1. The number of benzene rings is 2. The third-order valence-corrected chi connectivity index (χ3v) is 4.35. The molecule has 8 heteroatoms. The maximum absolute atomic E-state index is 12.5. The zero-order valence-corrected chi connectivity index (χ0v) is 16.3. The predicted octanol–water partition coefficient (Wildman–Crippen LogP) is 3.13. The van der Waals surface area contributed by atoms with Crippen molar-refractivity contribution in [2.75, 3.05) is 24.8 Å². The van der Waals surface area contributed by atoms with Crippen LogP contribution in [0.5, 0.6) is 5.75 Å². The molecule has 3 aromatic rings. The predicted molar refractivity (Wildman–Crippen MR) is 110 cm³/mol. The molecule has 0 aliphatic carbocycles. The van der Waals surface area contributed by atoms with Gasteiger partial charge in [0.25, 0.3) is 0 Å². The molecule has 2 aromatic carbocycles. The van der Waals surface area contributed by atoms with Crippen molar-refractivity contribution in [3.63, 3.8) is 0 Å². The number of methoxy groups -OCH3 is 1. The SMILES string of the molecule is CCOC(=O)c1c(Nc2ccc(OC)cc2)nn(CC(O)c2ccccc2)c1N. The molecule has 0 spiro atoms. The van der Waals surface area contributed by atoms with Crippen molar-refractivity contribution >= 4 is 23.3 Å². The second-order valence-electron chi connectivity index (χ2n) is 6.29. The number of hydrogen-bond acceptors (Lipinski definition) is 7. The van der Waals surface area contributed by atoms with Gasteiger partial charge in [0.05, 0.1) is 26.4 Å². The van der Waals surface area contributed by atoms with Crippen LogP contribution in [-0.2, 0) is 11.3 Å². The van der Waals surface area contributed by atoms with Crippen molar-refractivity contribution in [1.29, 1.82) is 0 Å². The molecule has 0 saturated carbocycles. The van der Waals surface area contributed by atoms with Gasteiger partial charge in [-0.15, -0.1) is 0 Å². The lowest BCUT2D eigenvalue weighted by atomic mass is 10.1. The molecule has 152 valence electrons. The Kier molecular flexibility index (Phi) is 6.36. The molecular formula is C21H24N4O4. The molecule has 1 unspecified atom stereocenters. The van der Waals surface area contributed by atoms with Crippen molar-refractivity contribution in [3.05, 3.63) is 65.7 Å². The second-order valence-corrected chi connectivity index (χ2v) is 6.29. The highest BCUT2D eigenvalue weighted by atomic mass is 16.5. The summed E-state index contributed by atoms with van der Waals surface area (Å²) in [5, 5.41) is 18.0. The third-order valence-electron chi connectivity index (χ3n) is 4.35. The Morgan fingerprint density at radius 3 is 2.52 bits per heavy atom. The summed E-state index contributed by atoms with van der Waals surface area (Å²) in [6.45, 7) is 2.01. The van der Waals surface area contributed by atoms with Gasteiger partial charge in [0.1, 0.15) is 17.1 Å². The molecule has 0 saturated heterocycles. The normalized spacial score (nSPS) is 11.7. The molecule has 0 aliphatic heterocycles. The van der Waals surface area contributed by atoms with Gasteiger partial charge >= 0.3 is 5.97 Å². The summed E-state index contributed by atoms with van der Waals surface area (Å²) >= 11 is 0. The van der Waals surface area contributed by atoms with Gasteiger partial charge in [0.2, 0.25) is 0 Å². The van der Waals surface area contributed by atoms with E-state index in [-0.39, 0.29) is 30.4 Å². The number of aromatic nitrogens is 2. The molecule has 0 fully saturated rings. The van der Waals surface area contributed by atoms with E-state index in [4.69, 9.17) is 15.2 Å². The quantitative estimate of drug-likeness (QED) is 0.502. The molecule has 3 rings (SSSR count). The zero-order valence-electron chi connectivity index (χ0n) is 16.3. The van der Waals surface area contributed by atoms with Crippen LogP contribution >= 0.6 is 0 Å². The van der Waals surface area contributed by atoms with Gasteiger partial charge in [-0.05, 0) is 36.8 Å². The van der Waals surface area contributed by atoms with Gasteiger partial charge in [0, 0.05) is 5.69 Å². The number of nitrogens with one attached hydrogen (secondary N) is 1. The minimum absolute atomic E-state index is 0.0898. The van der Waals surface area contributed by atoms with Crippen LogP contribution < -0.4 is 15.8 Å². The number of nitrogen functional groups attached to an aromatic ring is 1. The lowest BCUT2D eigenvalue weighted by Gasteiger charge is -2.12. The van der Waals surface area contributed by atoms with Crippen LogP contribution in [0.1, 0.15) is 28.9 Å². The fourth-order valence-corrected chi connectivity index (χ4v) is 2.86. The molecule has 8 nitrogen and oxygen atoms in total. The molecule has 0 radical (unpaired) electrons. The number of carbonyl (C=O) groups is 1. The summed E-state index contributed by atoms with van der Waals surface area (Å²) in [4.78, 5) is 12.5. The number of carbonyl (C=O) groups excluding carboxylic acids is 1. The van der Waals surface area contributed by atoms with E-state index in [9.17, 15) is 9.90 Å². The Bertz CT molecular complexity index is 955. The third kappa shape index (κ3) is 4.67. The first-order valence-corrected chi connectivity index (χ1v) is 9.21. The van der Waals surface area contributed by atoms with E-state index in [1.807, 2.05) is 30.3 Å². The smallest absolute Gasteiger partial charge is 0.345 e. The molecule has 0 bridgehead atoms. The maximum Gasteiger partial charge on any atom is 0.345 e. The number of nitrogens with zero attached hydrogens (tertiary/aromatic N) is 2. The average Bonchev–Trinajstić information content (AvgIpc) is 3.04. The van der Waals surface area contributed by atoms with E-state index in [0.717, 1.165) is 5.56 Å². The summed E-state index contributed by atoms with van der Waals surface area (Å²) in [6, 6.07) is 16.3. The number of nitrogens with two attached hydrogens (primary N) is 1. The van der Waals surface area contributed by atoms with Crippen molar-refractivity contribution in [3.8, 4) is 5.75 Å². The largest absolute Gasteiger partial charge is 0.497 e. The Morgan fingerprint density at radius 2 is 1.90 bits per heavy atom. The van der Waals surface area contributed by atoms with Gasteiger partial charge in [-0.25, -0.2) is 9.48 Å². The monoisotopic (exact) mass is 396 g/mol. The molecule has 1 atom stereocenters. The number of aliphatic hydroxyl groups is 1. The fraction of sp³-hybridized carbons (Fsp3) is 0.238. The van der Waals surface area contributed by atoms with E-state index < -0.39 is 12.1 Å².